The maximum absolute atomic E-state index is 8.67. The summed E-state index contributed by atoms with van der Waals surface area (Å²) in [4.78, 5) is 0. The number of rotatable bonds is 0. The first kappa shape index (κ1) is 15.7. The molecule has 0 aromatic heterocycles. The van der Waals surface area contributed by atoms with Crippen LogP contribution in [0.2, 0.25) is 0 Å². The van der Waals surface area contributed by atoms with Gasteiger partial charge < -0.3 is 0 Å². The molecule has 7 heavy (non-hydrogen) atoms. The standard InChI is InChI=1S/2Co.H2O.3O.V/h;;1H2;;;;/q;;;;;;+1/p-1. The zero-order valence-corrected chi connectivity index (χ0v) is 6.26. The van der Waals surface area contributed by atoms with Crippen LogP contribution in [0.1, 0.15) is 0 Å². The Labute approximate surface area is 63.0 Å². The van der Waals surface area contributed by atoms with Crippen molar-refractivity contribution in [2.24, 2.45) is 0 Å². The van der Waals surface area contributed by atoms with Gasteiger partial charge in [0.1, 0.15) is 0 Å². The second-order valence-electron chi connectivity index (χ2n) is 0.238. The average Bonchev–Trinajstić information content (AvgIpc) is 1.41. The Morgan fingerprint density at radius 1 is 1.29 bits per heavy atom. The van der Waals surface area contributed by atoms with Crippen LogP contribution in [-0.4, -0.2) is 4.03 Å². The molecule has 0 aliphatic carbocycles. The van der Waals surface area contributed by atoms with E-state index in [1.54, 1.807) is 0 Å². The van der Waals surface area contributed by atoms with Crippen molar-refractivity contribution in [2.45, 2.75) is 0 Å². The van der Waals surface area contributed by atoms with Crippen molar-refractivity contribution in [3.63, 3.8) is 0 Å². The topological polar surface area (TPSA) is 71.4 Å². The Bertz CT molecular complexity index is 67.8. The van der Waals surface area contributed by atoms with E-state index in [-0.39, 0.29) is 16.8 Å². The number of hydrogen-bond acceptors (Lipinski definition) is 3. The van der Waals surface area contributed by atoms with Crippen LogP contribution in [0.5, 0.6) is 0 Å². The van der Waals surface area contributed by atoms with Crippen LogP contribution in [0.25, 0.3) is 0 Å². The Balaban J connectivity index is -0.0000000480. The molecule has 0 fully saturated rings. The molecule has 0 atom stereocenters. The van der Waals surface area contributed by atoms with Gasteiger partial charge in [0.25, 0.3) is 0 Å². The van der Waals surface area contributed by atoms with Gasteiger partial charge in [-0.15, -0.1) is 0 Å². The molecule has 48 valence electrons. The van der Waals surface area contributed by atoms with E-state index in [9.17, 15) is 0 Å². The van der Waals surface area contributed by atoms with Crippen molar-refractivity contribution in [3.05, 3.63) is 0 Å². The van der Waals surface area contributed by atoms with Gasteiger partial charge in [-0.25, -0.2) is 0 Å². The van der Waals surface area contributed by atoms with Gasteiger partial charge in [-0.1, -0.05) is 0 Å². The van der Waals surface area contributed by atoms with Gasteiger partial charge in [0.2, 0.25) is 0 Å². The first-order valence-corrected chi connectivity index (χ1v) is 2.89. The zero-order valence-electron chi connectivity index (χ0n) is 2.79. The molecule has 4 nitrogen and oxygen atoms in total. The molecule has 0 heterocycles. The van der Waals surface area contributed by atoms with Crippen LogP contribution in [-0.2, 0) is 59.1 Å². The van der Waals surface area contributed by atoms with E-state index < -0.39 is 15.4 Å². The maximum atomic E-state index is 8.67. The van der Waals surface area contributed by atoms with Crippen molar-refractivity contribution >= 4 is 0 Å². The van der Waals surface area contributed by atoms with Gasteiger partial charge in [-0.05, 0) is 0 Å². The van der Waals surface area contributed by atoms with Crippen molar-refractivity contribution in [1.82, 2.24) is 0 Å². The minimum atomic E-state index is -3.69. The molecule has 0 aromatic rings. The molecule has 0 unspecified atom stereocenters. The quantitative estimate of drug-likeness (QED) is 0.588. The van der Waals surface area contributed by atoms with Crippen LogP contribution >= 0.6 is 0 Å². The third-order valence-corrected chi connectivity index (χ3v) is 0. The van der Waals surface area contributed by atoms with E-state index in [1.807, 2.05) is 0 Å². The molecule has 1 N–H and O–H groups in total. The minimum absolute atomic E-state index is 0. The predicted octanol–water partition coefficient (Wildman–Crippen LogP) is -0.921. The Hall–Kier alpha value is 0.957. The summed E-state index contributed by atoms with van der Waals surface area (Å²) < 4.78 is 32.4. The monoisotopic (exact) mass is 234 g/mol. The first-order chi connectivity index (χ1) is 2.73. The Morgan fingerprint density at radius 2 is 1.29 bits per heavy atom. The summed E-state index contributed by atoms with van der Waals surface area (Å²) >= 11 is -1.38. The summed E-state index contributed by atoms with van der Waals surface area (Å²) in [6.45, 7) is 0. The molecule has 0 spiro atoms. The molecule has 0 saturated heterocycles. The molecular formula is HCo2O4V. The van der Waals surface area contributed by atoms with Crippen molar-refractivity contribution in [3.8, 4) is 0 Å². The average molecular weight is 234 g/mol. The van der Waals surface area contributed by atoms with Gasteiger partial charge >= 0.3 is 46.3 Å². The molecule has 1 radical (unpaired) electrons. The fraction of sp³-hybridized carbons (Fsp3) is 0. The van der Waals surface area contributed by atoms with Gasteiger partial charge in [-0.3, -0.25) is 0 Å². The van der Waals surface area contributed by atoms with Crippen LogP contribution in [0.4, 0.5) is 0 Å². The predicted molar refractivity (Wildman–Crippen MR) is 4.28 cm³/mol. The summed E-state index contributed by atoms with van der Waals surface area (Å²) in [5, 5.41) is 0. The van der Waals surface area contributed by atoms with E-state index >= 15 is 0 Å². The molecule has 0 saturated carbocycles. The van der Waals surface area contributed by atoms with Crippen LogP contribution in [0, 0.1) is 0 Å². The second kappa shape index (κ2) is 15.8. The number of hydrogen-bond donors (Lipinski definition) is 1. The SMILES string of the molecule is [Co].[O]=[Co].[O]=[V](=[O])[OH]. The Kier molecular flexibility index (Phi) is 35.3. The van der Waals surface area contributed by atoms with Crippen molar-refractivity contribution in [2.75, 3.05) is 0 Å². The first-order valence-electron chi connectivity index (χ1n) is 0.701. The third kappa shape index (κ3) is 187. The van der Waals surface area contributed by atoms with Crippen molar-refractivity contribution in [1.29, 1.82) is 0 Å². The molecule has 0 bridgehead atoms. The van der Waals surface area contributed by atoms with Gasteiger partial charge in [0, 0.05) is 16.8 Å². The molecule has 0 aliphatic rings. The summed E-state index contributed by atoms with van der Waals surface area (Å²) in [6.07, 6.45) is 0. The summed E-state index contributed by atoms with van der Waals surface area (Å²) in [5.41, 5.74) is 0. The van der Waals surface area contributed by atoms with Gasteiger partial charge in [0.15, 0.2) is 0 Å². The summed E-state index contributed by atoms with van der Waals surface area (Å²) in [5.74, 6) is 0. The van der Waals surface area contributed by atoms with E-state index in [2.05, 4.69) is 15.7 Å². The van der Waals surface area contributed by atoms with Gasteiger partial charge in [0.05, 0.1) is 0 Å². The van der Waals surface area contributed by atoms with E-state index in [0.717, 1.165) is 0 Å². The Morgan fingerprint density at radius 3 is 1.29 bits per heavy atom. The molecule has 0 rings (SSSR count). The molecule has 0 aliphatic heterocycles. The van der Waals surface area contributed by atoms with Crippen LogP contribution in [0.15, 0.2) is 0 Å². The van der Waals surface area contributed by atoms with Crippen molar-refractivity contribution < 1.29 is 63.1 Å². The van der Waals surface area contributed by atoms with E-state index in [1.165, 1.54) is 0 Å². The fourth-order valence-corrected chi connectivity index (χ4v) is 0. The van der Waals surface area contributed by atoms with Gasteiger partial charge in [-0.2, -0.15) is 0 Å². The fourth-order valence-electron chi connectivity index (χ4n) is 0. The molecule has 7 heteroatoms. The molecule has 0 aromatic carbocycles. The molecular weight excluding hydrogens is 233 g/mol. The normalized spacial score (nSPS) is 4.29. The second-order valence-corrected chi connectivity index (χ2v) is 0.981. The van der Waals surface area contributed by atoms with E-state index in [4.69, 9.17) is 15.2 Å². The summed E-state index contributed by atoms with van der Waals surface area (Å²) in [6, 6.07) is 0. The zero-order chi connectivity index (χ0) is 5.58. The van der Waals surface area contributed by atoms with Crippen LogP contribution in [0.3, 0.4) is 0 Å². The third-order valence-electron chi connectivity index (χ3n) is 0. The molecule has 0 amide bonds. The van der Waals surface area contributed by atoms with Crippen LogP contribution < -0.4 is 0 Å². The summed E-state index contributed by atoms with van der Waals surface area (Å²) in [7, 11) is 0. The van der Waals surface area contributed by atoms with E-state index in [0.29, 0.717) is 0 Å².